The van der Waals surface area contributed by atoms with E-state index in [0.29, 0.717) is 5.92 Å². The zero-order valence-corrected chi connectivity index (χ0v) is 27.4. The van der Waals surface area contributed by atoms with Gasteiger partial charge in [-0.1, -0.05) is 110 Å². The quantitative estimate of drug-likeness (QED) is 0.147. The van der Waals surface area contributed by atoms with Crippen molar-refractivity contribution in [2.45, 2.75) is 53.5 Å². The maximum absolute atomic E-state index is 2.54. The lowest BCUT2D eigenvalue weighted by Gasteiger charge is -2.22. The van der Waals surface area contributed by atoms with Crippen LogP contribution in [-0.4, -0.2) is 23.4 Å². The first-order valence-corrected chi connectivity index (χ1v) is 16.6. The first kappa shape index (κ1) is 30.3. The van der Waals surface area contributed by atoms with E-state index in [1.165, 1.54) is 67.2 Å². The molecule has 1 heterocycles. The summed E-state index contributed by atoms with van der Waals surface area (Å²) in [7, 11) is 0. The first-order valence-electron chi connectivity index (χ1n) is 16.6. The van der Waals surface area contributed by atoms with Crippen LogP contribution in [0.5, 0.6) is 0 Å². The van der Waals surface area contributed by atoms with E-state index in [1.807, 2.05) is 0 Å². The van der Waals surface area contributed by atoms with Crippen LogP contribution < -0.4 is 4.90 Å². The van der Waals surface area contributed by atoms with Crippen LogP contribution in [0.3, 0.4) is 0 Å². The van der Waals surface area contributed by atoms with Crippen LogP contribution >= 0.6 is 0 Å². The third kappa shape index (κ3) is 6.15. The second-order valence-electron chi connectivity index (χ2n) is 12.2. The Balaban J connectivity index is 1.62. The zero-order chi connectivity index (χ0) is 31.3. The third-order valence-electron chi connectivity index (χ3n) is 9.39. The molecule has 0 radical (unpaired) electrons. The van der Waals surface area contributed by atoms with Gasteiger partial charge in [0, 0.05) is 41.5 Å². The minimum absolute atomic E-state index is 0.567. The lowest BCUT2D eigenvalue weighted by atomic mass is 9.86. The van der Waals surface area contributed by atoms with Gasteiger partial charge in [-0.2, -0.15) is 4.58 Å². The molecule has 6 rings (SSSR count). The average molecular weight is 590 g/mol. The van der Waals surface area contributed by atoms with Gasteiger partial charge < -0.3 is 4.90 Å². The predicted octanol–water partition coefficient (Wildman–Crippen LogP) is 10.7. The van der Waals surface area contributed by atoms with E-state index in [1.54, 1.807) is 0 Å². The van der Waals surface area contributed by atoms with Crippen molar-refractivity contribution in [1.82, 2.24) is 0 Å². The molecule has 0 aromatic heterocycles. The Labute approximate surface area is 270 Å². The van der Waals surface area contributed by atoms with Gasteiger partial charge >= 0.3 is 0 Å². The molecule has 0 saturated heterocycles. The van der Waals surface area contributed by atoms with E-state index in [2.05, 4.69) is 171 Å². The van der Waals surface area contributed by atoms with E-state index in [-0.39, 0.29) is 0 Å². The molecule has 0 bridgehead atoms. The maximum atomic E-state index is 2.54. The molecule has 1 atom stereocenters. The average Bonchev–Trinajstić information content (AvgIpc) is 3.40. The van der Waals surface area contributed by atoms with E-state index in [4.69, 9.17) is 0 Å². The van der Waals surface area contributed by atoms with Crippen molar-refractivity contribution in [1.29, 1.82) is 0 Å². The van der Waals surface area contributed by atoms with Gasteiger partial charge in [-0.25, -0.2) is 0 Å². The monoisotopic (exact) mass is 589 g/mol. The summed E-state index contributed by atoms with van der Waals surface area (Å²) in [6, 6.07) is 47.4. The fourth-order valence-electron chi connectivity index (χ4n) is 6.59. The van der Waals surface area contributed by atoms with Gasteiger partial charge in [-0.05, 0) is 80.1 Å². The lowest BCUT2D eigenvalue weighted by molar-refractivity contribution is -0.453. The first-order chi connectivity index (χ1) is 22.0. The van der Waals surface area contributed by atoms with Crippen molar-refractivity contribution in [3.05, 3.63) is 166 Å². The van der Waals surface area contributed by atoms with E-state index in [9.17, 15) is 0 Å². The molecule has 0 saturated carbocycles. The minimum Gasteiger partial charge on any atom is -0.372 e. The van der Waals surface area contributed by atoms with E-state index < -0.39 is 0 Å². The highest BCUT2D eigenvalue weighted by atomic mass is 15.1. The van der Waals surface area contributed by atoms with Crippen molar-refractivity contribution >= 4 is 28.2 Å². The Morgan fingerprint density at radius 2 is 1.27 bits per heavy atom. The van der Waals surface area contributed by atoms with Crippen LogP contribution in [0.25, 0.3) is 11.1 Å². The number of para-hydroxylation sites is 1. The van der Waals surface area contributed by atoms with Crippen LogP contribution in [-0.2, 0) is 6.54 Å². The number of fused-ring (bicyclic) bond motifs is 1. The van der Waals surface area contributed by atoms with Gasteiger partial charge in [0.2, 0.25) is 11.4 Å². The highest BCUT2D eigenvalue weighted by Gasteiger charge is 2.38. The fraction of sp³-hybridized carbons (Fsp3) is 0.233. The predicted molar refractivity (Wildman–Crippen MR) is 193 cm³/mol. The van der Waals surface area contributed by atoms with Crippen LogP contribution in [0.2, 0.25) is 0 Å². The van der Waals surface area contributed by atoms with Crippen LogP contribution in [0.4, 0.5) is 11.4 Å². The molecule has 0 N–H and O–H groups in total. The number of benzene rings is 5. The molecule has 2 nitrogen and oxygen atoms in total. The number of hydrogen-bond donors (Lipinski definition) is 0. The third-order valence-corrected chi connectivity index (χ3v) is 9.39. The van der Waals surface area contributed by atoms with Crippen molar-refractivity contribution in [2.75, 3.05) is 18.0 Å². The number of anilines is 1. The molecule has 2 heteroatoms. The molecule has 226 valence electrons. The molecule has 1 aliphatic heterocycles. The van der Waals surface area contributed by atoms with Gasteiger partial charge in [-0.15, -0.1) is 0 Å². The Hall–Kier alpha value is -4.69. The summed E-state index contributed by atoms with van der Waals surface area (Å²) in [5.74, 6) is 0.567. The molecule has 0 aliphatic carbocycles. The van der Waals surface area contributed by atoms with Gasteiger partial charge in [-0.3, -0.25) is 0 Å². The van der Waals surface area contributed by atoms with Crippen molar-refractivity contribution < 1.29 is 4.58 Å². The Morgan fingerprint density at radius 3 is 1.89 bits per heavy atom. The molecule has 1 aliphatic rings. The summed E-state index contributed by atoms with van der Waals surface area (Å²) in [5.41, 5.74) is 15.3. The molecular formula is C43H45N2+. The van der Waals surface area contributed by atoms with Gasteiger partial charge in [0.05, 0.1) is 11.1 Å². The van der Waals surface area contributed by atoms with Crippen LogP contribution in [0.15, 0.2) is 127 Å². The minimum atomic E-state index is 0.567. The Morgan fingerprint density at radius 1 is 0.667 bits per heavy atom. The molecule has 0 spiro atoms. The molecule has 5 aromatic rings. The summed E-state index contributed by atoms with van der Waals surface area (Å²) in [6.45, 7) is 14.0. The molecule has 45 heavy (non-hydrogen) atoms. The molecular weight excluding hydrogens is 544 g/mol. The van der Waals surface area contributed by atoms with Gasteiger partial charge in [0.1, 0.15) is 0 Å². The topological polar surface area (TPSA) is 6.25 Å². The van der Waals surface area contributed by atoms with Gasteiger partial charge in [0.25, 0.3) is 0 Å². The fourth-order valence-corrected chi connectivity index (χ4v) is 6.59. The second kappa shape index (κ2) is 13.5. The van der Waals surface area contributed by atoms with E-state index in [0.717, 1.165) is 26.1 Å². The summed E-state index contributed by atoms with van der Waals surface area (Å²) >= 11 is 0. The summed E-state index contributed by atoms with van der Waals surface area (Å²) < 4.78 is 2.54. The molecule has 0 fully saturated rings. The number of hydrogen-bond acceptors (Lipinski definition) is 1. The van der Waals surface area contributed by atoms with Crippen molar-refractivity contribution in [3.8, 4) is 0 Å². The second-order valence-corrected chi connectivity index (χ2v) is 12.2. The lowest BCUT2D eigenvalue weighted by Crippen LogP contribution is -2.21. The zero-order valence-electron chi connectivity index (χ0n) is 27.4. The van der Waals surface area contributed by atoms with E-state index >= 15 is 0 Å². The van der Waals surface area contributed by atoms with Crippen LogP contribution in [0.1, 0.15) is 79.0 Å². The van der Waals surface area contributed by atoms with Crippen LogP contribution in [0, 0.1) is 6.92 Å². The summed E-state index contributed by atoms with van der Waals surface area (Å²) in [6.07, 6.45) is 1.15. The van der Waals surface area contributed by atoms with Crippen molar-refractivity contribution in [3.63, 3.8) is 0 Å². The largest absolute Gasteiger partial charge is 0.372 e. The highest BCUT2D eigenvalue weighted by Crippen LogP contribution is 2.44. The molecule has 5 aromatic carbocycles. The molecule has 0 amide bonds. The number of allylic oxidation sites excluding steroid dienone is 1. The SMILES string of the molecule is CCC(C)c1ccc(C[N+]2=C(c3ccccc3)C(=C(c3ccc(C)cc3)c3ccc(N(CC)CC)cc3)c3ccccc32)cc1. The van der Waals surface area contributed by atoms with Crippen molar-refractivity contribution in [2.24, 2.45) is 0 Å². The number of nitrogens with zero attached hydrogens (tertiary/aromatic N) is 2. The Kier molecular flexibility index (Phi) is 9.12. The number of rotatable bonds is 10. The normalized spacial score (nSPS) is 14.3. The van der Waals surface area contributed by atoms with Gasteiger partial charge in [0.15, 0.2) is 6.54 Å². The smallest absolute Gasteiger partial charge is 0.222 e. The summed E-state index contributed by atoms with van der Waals surface area (Å²) in [4.78, 5) is 2.41. The maximum Gasteiger partial charge on any atom is 0.222 e. The highest BCUT2D eigenvalue weighted by molar-refractivity contribution is 6.38. The molecule has 1 unspecified atom stereocenters. The summed E-state index contributed by atoms with van der Waals surface area (Å²) in [5, 5.41) is 0. The number of aryl methyl sites for hydroxylation is 1. The Bertz CT molecular complexity index is 1800. The standard InChI is InChI=1S/C43H45N2/c1-6-32(5)34-24-20-33(21-25-34)30-45-40-17-13-12-16-39(40)42(43(45)37-14-10-9-11-15-37)41(35-22-18-31(4)19-23-35)36-26-28-38(29-27-36)44(7-2)8-3/h9-29,32H,6-8,30H2,1-5H3/q+1.